The van der Waals surface area contributed by atoms with Crippen LogP contribution in [0.2, 0.25) is 0 Å². The van der Waals surface area contributed by atoms with Crippen LogP contribution in [0, 0.1) is 10.1 Å². The van der Waals surface area contributed by atoms with E-state index in [1.807, 2.05) is 30.3 Å². The first kappa shape index (κ1) is 22.2. The Labute approximate surface area is 182 Å². The molecule has 164 valence electrons. The van der Waals surface area contributed by atoms with Gasteiger partial charge in [-0.05, 0) is 5.56 Å². The zero-order chi connectivity index (χ0) is 22.8. The smallest absolute Gasteiger partial charge is 0.408 e. The van der Waals surface area contributed by atoms with Crippen molar-refractivity contribution in [3.8, 4) is 0 Å². The van der Waals surface area contributed by atoms with Gasteiger partial charge in [0.1, 0.15) is 12.6 Å². The van der Waals surface area contributed by atoms with Crippen molar-refractivity contribution in [3.63, 3.8) is 0 Å². The summed E-state index contributed by atoms with van der Waals surface area (Å²) in [6, 6.07) is 13.9. The van der Waals surface area contributed by atoms with Crippen LogP contribution in [0.4, 0.5) is 10.5 Å². The topological polar surface area (TPSA) is 152 Å². The number of nitrogens with one attached hydrogen (secondary N) is 3. The van der Waals surface area contributed by atoms with Gasteiger partial charge in [0.15, 0.2) is 0 Å². The summed E-state index contributed by atoms with van der Waals surface area (Å²) in [7, 11) is 0. The number of ether oxygens (including phenoxy) is 1. The molecule has 0 aliphatic carbocycles. The molecule has 0 spiro atoms. The number of alkyl carbamates (subject to hydrolysis) is 1. The number of nitrogens with zero attached hydrogens (tertiary/aromatic N) is 3. The summed E-state index contributed by atoms with van der Waals surface area (Å²) in [4.78, 5) is 41.9. The molecule has 3 rings (SSSR count). The molecule has 1 aromatic heterocycles. The molecular formula is C21H20N6O5. The van der Waals surface area contributed by atoms with Crippen molar-refractivity contribution in [2.75, 3.05) is 0 Å². The minimum Gasteiger partial charge on any atom is -0.445 e. The third-order valence-corrected chi connectivity index (χ3v) is 4.27. The van der Waals surface area contributed by atoms with Gasteiger partial charge >= 0.3 is 6.09 Å². The molecule has 0 saturated carbocycles. The van der Waals surface area contributed by atoms with Crippen molar-refractivity contribution >= 4 is 23.9 Å². The van der Waals surface area contributed by atoms with Crippen LogP contribution in [0.1, 0.15) is 16.8 Å². The number of hydrogen-bond donors (Lipinski definition) is 3. The van der Waals surface area contributed by atoms with Gasteiger partial charge in [-0.25, -0.2) is 15.2 Å². The maximum atomic E-state index is 12.6. The predicted molar refractivity (Wildman–Crippen MR) is 115 cm³/mol. The third-order valence-electron chi connectivity index (χ3n) is 4.27. The molecule has 1 heterocycles. The Morgan fingerprint density at radius 1 is 1.22 bits per heavy atom. The van der Waals surface area contributed by atoms with Gasteiger partial charge in [0.25, 0.3) is 11.6 Å². The number of H-pyrrole nitrogens is 1. The molecule has 0 unspecified atom stereocenters. The second kappa shape index (κ2) is 11.0. The molecule has 0 saturated heterocycles. The Balaban J connectivity index is 1.61. The van der Waals surface area contributed by atoms with Crippen molar-refractivity contribution in [3.05, 3.63) is 94.1 Å². The molecule has 3 aromatic rings. The van der Waals surface area contributed by atoms with Gasteiger partial charge in [0.2, 0.25) is 0 Å². The van der Waals surface area contributed by atoms with Crippen LogP contribution < -0.4 is 10.7 Å². The number of hydrogen-bond acceptors (Lipinski definition) is 7. The molecule has 0 bridgehead atoms. The second-order valence-electron chi connectivity index (χ2n) is 6.63. The molecule has 3 N–H and O–H groups in total. The molecule has 0 aliphatic rings. The van der Waals surface area contributed by atoms with E-state index in [-0.39, 0.29) is 18.7 Å². The lowest BCUT2D eigenvalue weighted by atomic mass is 10.1. The third kappa shape index (κ3) is 6.76. The second-order valence-corrected chi connectivity index (χ2v) is 6.63. The normalized spacial score (nSPS) is 11.6. The number of amides is 2. The highest BCUT2D eigenvalue weighted by atomic mass is 16.6. The highest BCUT2D eigenvalue weighted by molar-refractivity contribution is 5.87. The van der Waals surface area contributed by atoms with Gasteiger partial charge in [-0.1, -0.05) is 42.5 Å². The van der Waals surface area contributed by atoms with E-state index >= 15 is 0 Å². The first-order valence-electron chi connectivity index (χ1n) is 9.53. The van der Waals surface area contributed by atoms with Crippen molar-refractivity contribution in [1.82, 2.24) is 20.7 Å². The fourth-order valence-electron chi connectivity index (χ4n) is 2.70. The van der Waals surface area contributed by atoms with E-state index in [4.69, 9.17) is 4.74 Å². The molecule has 1 atom stereocenters. The summed E-state index contributed by atoms with van der Waals surface area (Å²) in [5.41, 5.74) is 4.09. The average molecular weight is 436 g/mol. The number of carbonyl (C=O) groups is 2. The molecule has 11 heteroatoms. The average Bonchev–Trinajstić information content (AvgIpc) is 3.31. The van der Waals surface area contributed by atoms with Crippen LogP contribution in [0.15, 0.2) is 72.2 Å². The van der Waals surface area contributed by atoms with Crippen molar-refractivity contribution in [2.45, 2.75) is 19.1 Å². The molecule has 0 aliphatic heterocycles. The van der Waals surface area contributed by atoms with Crippen molar-refractivity contribution in [1.29, 1.82) is 0 Å². The quantitative estimate of drug-likeness (QED) is 0.266. The van der Waals surface area contributed by atoms with Crippen LogP contribution >= 0.6 is 0 Å². The number of aromatic nitrogens is 2. The number of non-ortho nitro benzene ring substituents is 1. The predicted octanol–water partition coefficient (Wildman–Crippen LogP) is 2.31. The van der Waals surface area contributed by atoms with Crippen molar-refractivity contribution in [2.24, 2.45) is 5.10 Å². The van der Waals surface area contributed by atoms with Crippen LogP contribution in [0.5, 0.6) is 0 Å². The Hall–Kier alpha value is -4.54. The fraction of sp³-hybridized carbons (Fsp3) is 0.143. The van der Waals surface area contributed by atoms with Crippen LogP contribution in [0.3, 0.4) is 0 Å². The monoisotopic (exact) mass is 436 g/mol. The molecule has 0 radical (unpaired) electrons. The Kier molecular flexibility index (Phi) is 7.63. The SMILES string of the molecule is O=C(N[C@@H](Cc1cnc[nH]1)C(=O)N/N=C\c1cccc([N+](=O)[O-])c1)OCc1ccccc1. The summed E-state index contributed by atoms with van der Waals surface area (Å²) in [5.74, 6) is -0.599. The molecular weight excluding hydrogens is 416 g/mol. The number of benzene rings is 2. The number of imidazole rings is 1. The summed E-state index contributed by atoms with van der Waals surface area (Å²) >= 11 is 0. The zero-order valence-corrected chi connectivity index (χ0v) is 16.8. The van der Waals surface area contributed by atoms with E-state index in [0.29, 0.717) is 11.3 Å². The van der Waals surface area contributed by atoms with Crippen molar-refractivity contribution < 1.29 is 19.2 Å². The highest BCUT2D eigenvalue weighted by Gasteiger charge is 2.22. The number of nitro groups is 1. The minimum atomic E-state index is -0.999. The fourth-order valence-corrected chi connectivity index (χ4v) is 2.70. The lowest BCUT2D eigenvalue weighted by Gasteiger charge is -2.16. The van der Waals surface area contributed by atoms with E-state index < -0.39 is 23.0 Å². The summed E-state index contributed by atoms with van der Waals surface area (Å²) in [6.45, 7) is 0.0516. The maximum absolute atomic E-state index is 12.6. The zero-order valence-electron chi connectivity index (χ0n) is 16.8. The maximum Gasteiger partial charge on any atom is 0.408 e. The largest absolute Gasteiger partial charge is 0.445 e. The van der Waals surface area contributed by atoms with Crippen LogP contribution in [-0.2, 0) is 22.6 Å². The van der Waals surface area contributed by atoms with Gasteiger partial charge in [-0.15, -0.1) is 0 Å². The summed E-state index contributed by atoms with van der Waals surface area (Å²) in [5, 5.41) is 17.2. The summed E-state index contributed by atoms with van der Waals surface area (Å²) in [6.07, 6.45) is 3.61. The van der Waals surface area contributed by atoms with Gasteiger partial charge < -0.3 is 15.0 Å². The minimum absolute atomic E-state index is 0.0516. The molecule has 2 amide bonds. The van der Waals surface area contributed by atoms with Gasteiger partial charge in [0, 0.05) is 36.0 Å². The molecule has 2 aromatic carbocycles. The lowest BCUT2D eigenvalue weighted by Crippen LogP contribution is -2.47. The number of carbonyl (C=O) groups excluding carboxylic acids is 2. The van der Waals surface area contributed by atoms with E-state index in [1.54, 1.807) is 6.07 Å². The van der Waals surface area contributed by atoms with Gasteiger partial charge in [0.05, 0.1) is 17.5 Å². The standard InChI is InChI=1S/C21H20N6O5/c28-20(26-24-11-16-7-4-8-18(9-16)27(30)31)19(10-17-12-22-14-23-17)25-21(29)32-13-15-5-2-1-3-6-15/h1-9,11-12,14,19H,10,13H2,(H,22,23)(H,25,29)(H,26,28)/b24-11-/t19-/m0/s1. The van der Waals surface area contributed by atoms with E-state index in [2.05, 4.69) is 25.8 Å². The van der Waals surface area contributed by atoms with E-state index in [9.17, 15) is 19.7 Å². The van der Waals surface area contributed by atoms with Crippen LogP contribution in [0.25, 0.3) is 0 Å². The molecule has 0 fully saturated rings. The number of nitro benzene ring substituents is 1. The molecule has 11 nitrogen and oxygen atoms in total. The van der Waals surface area contributed by atoms with Gasteiger partial charge in [-0.3, -0.25) is 14.9 Å². The Morgan fingerprint density at radius 3 is 2.75 bits per heavy atom. The van der Waals surface area contributed by atoms with Gasteiger partial charge in [-0.2, -0.15) is 5.10 Å². The number of hydrazone groups is 1. The summed E-state index contributed by atoms with van der Waals surface area (Å²) < 4.78 is 5.18. The Bertz CT molecular complexity index is 1090. The molecule has 32 heavy (non-hydrogen) atoms. The van der Waals surface area contributed by atoms with Crippen LogP contribution in [-0.4, -0.2) is 39.1 Å². The first-order valence-corrected chi connectivity index (χ1v) is 9.53. The lowest BCUT2D eigenvalue weighted by molar-refractivity contribution is -0.384. The van der Waals surface area contributed by atoms with E-state index in [0.717, 1.165) is 5.56 Å². The Morgan fingerprint density at radius 2 is 2.03 bits per heavy atom. The number of rotatable bonds is 9. The van der Waals surface area contributed by atoms with E-state index in [1.165, 1.54) is 36.9 Å². The number of aromatic amines is 1. The first-order chi connectivity index (χ1) is 15.5. The highest BCUT2D eigenvalue weighted by Crippen LogP contribution is 2.11.